The van der Waals surface area contributed by atoms with Gasteiger partial charge in [0.25, 0.3) is 0 Å². The van der Waals surface area contributed by atoms with E-state index in [9.17, 15) is 9.59 Å². The number of hydrogen-bond acceptors (Lipinski definition) is 5. The molecule has 1 amide bonds. The zero-order valence-electron chi connectivity index (χ0n) is 9.56. The third-order valence-corrected chi connectivity index (χ3v) is 3.69. The van der Waals surface area contributed by atoms with Crippen LogP contribution in [-0.4, -0.2) is 29.9 Å². The summed E-state index contributed by atoms with van der Waals surface area (Å²) in [6.07, 6.45) is 2.99. The van der Waals surface area contributed by atoms with E-state index in [0.29, 0.717) is 23.2 Å². The fraction of sp³-hybridized carbons (Fsp3) is 0.545. The number of Topliss-reactive ketones (excluding diaryl/α,β-unsaturated/α-hetero) is 1. The standard InChI is InChI=1S/C11H14N2O3S/c1-7(14)9-6-12-11(17-9)13-10(15)8-2-4-16-5-3-8/h6,8H,2-5H2,1H3,(H,12,13,15). The first-order valence-electron chi connectivity index (χ1n) is 5.52. The Labute approximate surface area is 103 Å². The van der Waals surface area contributed by atoms with Crippen molar-refractivity contribution in [2.24, 2.45) is 5.92 Å². The lowest BCUT2D eigenvalue weighted by Crippen LogP contribution is -2.28. The van der Waals surface area contributed by atoms with Crippen LogP contribution in [0, 0.1) is 5.92 Å². The van der Waals surface area contributed by atoms with Crippen LogP contribution >= 0.6 is 11.3 Å². The van der Waals surface area contributed by atoms with Crippen LogP contribution in [0.5, 0.6) is 0 Å². The third-order valence-electron chi connectivity index (χ3n) is 2.67. The molecule has 92 valence electrons. The predicted molar refractivity (Wildman–Crippen MR) is 64.3 cm³/mol. The molecule has 1 aliphatic rings. The second-order valence-corrected chi connectivity index (χ2v) is 4.99. The summed E-state index contributed by atoms with van der Waals surface area (Å²) in [5.41, 5.74) is 0. The maximum Gasteiger partial charge on any atom is 0.229 e. The summed E-state index contributed by atoms with van der Waals surface area (Å²) in [7, 11) is 0. The topological polar surface area (TPSA) is 68.3 Å². The number of amides is 1. The molecule has 5 nitrogen and oxygen atoms in total. The summed E-state index contributed by atoms with van der Waals surface area (Å²) in [6, 6.07) is 0. The number of nitrogens with one attached hydrogen (secondary N) is 1. The van der Waals surface area contributed by atoms with E-state index in [4.69, 9.17) is 4.74 Å². The van der Waals surface area contributed by atoms with Crippen LogP contribution in [0.4, 0.5) is 5.13 Å². The van der Waals surface area contributed by atoms with Crippen molar-refractivity contribution in [2.45, 2.75) is 19.8 Å². The number of aromatic nitrogens is 1. The molecule has 0 aliphatic carbocycles. The molecule has 1 N–H and O–H groups in total. The molecular formula is C11H14N2O3S. The van der Waals surface area contributed by atoms with E-state index in [-0.39, 0.29) is 17.6 Å². The monoisotopic (exact) mass is 254 g/mol. The Bertz CT molecular complexity index is 424. The lowest BCUT2D eigenvalue weighted by Gasteiger charge is -2.20. The van der Waals surface area contributed by atoms with Crippen molar-refractivity contribution in [1.82, 2.24) is 4.98 Å². The SMILES string of the molecule is CC(=O)c1cnc(NC(=O)C2CCOCC2)s1. The molecule has 0 aromatic carbocycles. The molecule has 2 rings (SSSR count). The van der Waals surface area contributed by atoms with Crippen molar-refractivity contribution < 1.29 is 14.3 Å². The quantitative estimate of drug-likeness (QED) is 0.834. The summed E-state index contributed by atoms with van der Waals surface area (Å²) in [5.74, 6) is -0.0692. The molecule has 0 unspecified atom stereocenters. The zero-order valence-corrected chi connectivity index (χ0v) is 10.4. The van der Waals surface area contributed by atoms with Gasteiger partial charge < -0.3 is 10.1 Å². The van der Waals surface area contributed by atoms with E-state index in [2.05, 4.69) is 10.3 Å². The summed E-state index contributed by atoms with van der Waals surface area (Å²) in [4.78, 5) is 27.5. The predicted octanol–water partition coefficient (Wildman–Crippen LogP) is 1.71. The number of thiazole rings is 1. The van der Waals surface area contributed by atoms with Crippen LogP contribution in [0.1, 0.15) is 29.4 Å². The van der Waals surface area contributed by atoms with Gasteiger partial charge in [0.05, 0.1) is 11.1 Å². The molecule has 0 saturated carbocycles. The second kappa shape index (κ2) is 5.37. The maximum atomic E-state index is 11.9. The van der Waals surface area contributed by atoms with E-state index in [1.54, 1.807) is 0 Å². The largest absolute Gasteiger partial charge is 0.381 e. The van der Waals surface area contributed by atoms with Gasteiger partial charge in [-0.25, -0.2) is 4.98 Å². The minimum absolute atomic E-state index is 0.00609. The van der Waals surface area contributed by atoms with Gasteiger partial charge in [0.15, 0.2) is 10.9 Å². The fourth-order valence-electron chi connectivity index (χ4n) is 1.66. The minimum Gasteiger partial charge on any atom is -0.381 e. The van der Waals surface area contributed by atoms with Crippen LogP contribution in [0.15, 0.2) is 6.20 Å². The average molecular weight is 254 g/mol. The molecule has 2 heterocycles. The van der Waals surface area contributed by atoms with E-state index in [1.807, 2.05) is 0 Å². The number of carbonyl (C=O) groups is 2. The Kier molecular flexibility index (Phi) is 3.86. The first kappa shape index (κ1) is 12.2. The maximum absolute atomic E-state index is 11.9. The summed E-state index contributed by atoms with van der Waals surface area (Å²) < 4.78 is 5.20. The summed E-state index contributed by atoms with van der Waals surface area (Å²) in [5, 5.41) is 3.24. The number of ketones is 1. The second-order valence-electron chi connectivity index (χ2n) is 3.96. The van der Waals surface area contributed by atoms with Gasteiger partial charge in [0, 0.05) is 26.1 Å². The third kappa shape index (κ3) is 3.10. The fourth-order valence-corrected chi connectivity index (χ4v) is 2.38. The minimum atomic E-state index is -0.0333. The van der Waals surface area contributed by atoms with Crippen LogP contribution in [0.3, 0.4) is 0 Å². The van der Waals surface area contributed by atoms with E-state index in [0.717, 1.165) is 12.8 Å². The normalized spacial score (nSPS) is 16.8. The van der Waals surface area contributed by atoms with Gasteiger partial charge in [-0.3, -0.25) is 9.59 Å². The number of rotatable bonds is 3. The van der Waals surface area contributed by atoms with Crippen molar-refractivity contribution in [3.63, 3.8) is 0 Å². The highest BCUT2D eigenvalue weighted by atomic mass is 32.1. The lowest BCUT2D eigenvalue weighted by atomic mass is 10.00. The van der Waals surface area contributed by atoms with Gasteiger partial charge in [0.2, 0.25) is 5.91 Å². The Hall–Kier alpha value is -1.27. The first-order chi connectivity index (χ1) is 8.16. The van der Waals surface area contributed by atoms with E-state index < -0.39 is 0 Å². The van der Waals surface area contributed by atoms with Crippen LogP contribution in [0.25, 0.3) is 0 Å². The number of nitrogens with zero attached hydrogens (tertiary/aromatic N) is 1. The summed E-state index contributed by atoms with van der Waals surface area (Å²) in [6.45, 7) is 2.75. The molecule has 6 heteroatoms. The molecular weight excluding hydrogens is 240 g/mol. The Morgan fingerprint density at radius 2 is 2.18 bits per heavy atom. The molecule has 0 atom stereocenters. The van der Waals surface area contributed by atoms with Gasteiger partial charge in [-0.15, -0.1) is 0 Å². The number of carbonyl (C=O) groups excluding carboxylic acids is 2. The van der Waals surface area contributed by atoms with Gasteiger partial charge in [-0.05, 0) is 12.8 Å². The smallest absolute Gasteiger partial charge is 0.229 e. The van der Waals surface area contributed by atoms with Crippen molar-refractivity contribution in [3.8, 4) is 0 Å². The Morgan fingerprint density at radius 1 is 1.47 bits per heavy atom. The van der Waals surface area contributed by atoms with Crippen molar-refractivity contribution in [2.75, 3.05) is 18.5 Å². The molecule has 17 heavy (non-hydrogen) atoms. The molecule has 1 fully saturated rings. The number of ether oxygens (including phenoxy) is 1. The highest BCUT2D eigenvalue weighted by Gasteiger charge is 2.22. The Morgan fingerprint density at radius 3 is 2.76 bits per heavy atom. The van der Waals surface area contributed by atoms with Gasteiger partial charge in [-0.2, -0.15) is 0 Å². The average Bonchev–Trinajstić information content (AvgIpc) is 2.79. The van der Waals surface area contributed by atoms with Crippen LogP contribution < -0.4 is 5.32 Å². The lowest BCUT2D eigenvalue weighted by molar-refractivity contribution is -0.122. The summed E-state index contributed by atoms with van der Waals surface area (Å²) >= 11 is 1.21. The molecule has 0 spiro atoms. The van der Waals surface area contributed by atoms with E-state index in [1.165, 1.54) is 24.5 Å². The van der Waals surface area contributed by atoms with Crippen molar-refractivity contribution in [1.29, 1.82) is 0 Å². The van der Waals surface area contributed by atoms with Crippen LogP contribution in [-0.2, 0) is 9.53 Å². The van der Waals surface area contributed by atoms with Crippen molar-refractivity contribution >= 4 is 28.2 Å². The van der Waals surface area contributed by atoms with Crippen molar-refractivity contribution in [3.05, 3.63) is 11.1 Å². The van der Waals surface area contributed by atoms with Gasteiger partial charge in [-0.1, -0.05) is 11.3 Å². The van der Waals surface area contributed by atoms with Gasteiger partial charge in [0.1, 0.15) is 0 Å². The first-order valence-corrected chi connectivity index (χ1v) is 6.34. The molecule has 1 aromatic rings. The number of hydrogen-bond donors (Lipinski definition) is 1. The molecule has 0 bridgehead atoms. The van der Waals surface area contributed by atoms with E-state index >= 15 is 0 Å². The van der Waals surface area contributed by atoms with Gasteiger partial charge >= 0.3 is 0 Å². The highest BCUT2D eigenvalue weighted by molar-refractivity contribution is 7.17. The highest BCUT2D eigenvalue weighted by Crippen LogP contribution is 2.21. The molecule has 0 radical (unpaired) electrons. The van der Waals surface area contributed by atoms with Crippen LogP contribution in [0.2, 0.25) is 0 Å². The molecule has 1 aromatic heterocycles. The Balaban J connectivity index is 1.94. The molecule has 1 aliphatic heterocycles. The number of anilines is 1. The zero-order chi connectivity index (χ0) is 12.3. The molecule has 1 saturated heterocycles.